The van der Waals surface area contributed by atoms with Crippen molar-refractivity contribution in [2.24, 2.45) is 11.7 Å². The highest BCUT2D eigenvalue weighted by molar-refractivity contribution is 6.01. The quantitative estimate of drug-likeness (QED) is 0.758. The molecule has 4 N–H and O–H groups in total. The summed E-state index contributed by atoms with van der Waals surface area (Å²) in [5.74, 6) is 0.368. The molecular weight excluding hydrogens is 226 g/mol. The molecule has 0 aliphatic carbocycles. The number of nitrogen functional groups attached to an aromatic ring is 1. The molecule has 0 aliphatic heterocycles. The highest BCUT2D eigenvalue weighted by Crippen LogP contribution is 2.19. The van der Waals surface area contributed by atoms with Crippen LogP contribution in [0.3, 0.4) is 0 Å². The molecule has 0 aliphatic rings. The Bertz CT molecular complexity index is 416. The maximum Gasteiger partial charge on any atom is 0.169 e. The van der Waals surface area contributed by atoms with Crippen molar-refractivity contribution in [1.82, 2.24) is 4.98 Å². The normalized spacial score (nSPS) is 14.2. The number of nitrogens with zero attached hydrogens (tertiary/aromatic N) is 1. The van der Waals surface area contributed by atoms with Crippen molar-refractivity contribution in [3.63, 3.8) is 0 Å². The molecule has 4 nitrogen and oxygen atoms in total. The first-order valence-corrected chi connectivity index (χ1v) is 6.43. The predicted octanol–water partition coefficient (Wildman–Crippen LogP) is 2.31. The third-order valence-electron chi connectivity index (χ3n) is 3.06. The summed E-state index contributed by atoms with van der Waals surface area (Å²) >= 11 is 0. The number of aromatic nitrogens is 1. The minimum absolute atomic E-state index is 0.0327. The number of nitrogens with two attached hydrogens (primary N) is 2. The van der Waals surface area contributed by atoms with Crippen molar-refractivity contribution < 1.29 is 4.79 Å². The van der Waals surface area contributed by atoms with Gasteiger partial charge in [-0.2, -0.15) is 0 Å². The van der Waals surface area contributed by atoms with Crippen LogP contribution in [0.2, 0.25) is 0 Å². The third-order valence-corrected chi connectivity index (χ3v) is 3.06. The Morgan fingerprint density at radius 3 is 2.67 bits per heavy atom. The van der Waals surface area contributed by atoms with Gasteiger partial charge in [-0.3, -0.25) is 4.79 Å². The van der Waals surface area contributed by atoms with E-state index < -0.39 is 0 Å². The largest absolute Gasteiger partial charge is 0.383 e. The number of pyridine rings is 1. The molecule has 1 heterocycles. The summed E-state index contributed by atoms with van der Waals surface area (Å²) < 4.78 is 0. The smallest absolute Gasteiger partial charge is 0.169 e. The van der Waals surface area contributed by atoms with Crippen molar-refractivity contribution in [1.29, 1.82) is 0 Å². The van der Waals surface area contributed by atoms with Gasteiger partial charge in [0.15, 0.2) is 5.78 Å². The van der Waals surface area contributed by atoms with Gasteiger partial charge in [-0.15, -0.1) is 0 Å². The Kier molecular flexibility index (Phi) is 5.28. The van der Waals surface area contributed by atoms with Crippen molar-refractivity contribution in [2.45, 2.75) is 46.1 Å². The van der Waals surface area contributed by atoms with Gasteiger partial charge >= 0.3 is 0 Å². The molecule has 0 fully saturated rings. The Morgan fingerprint density at radius 2 is 2.06 bits per heavy atom. The maximum atomic E-state index is 12.2. The van der Waals surface area contributed by atoms with Gasteiger partial charge in [0.2, 0.25) is 0 Å². The van der Waals surface area contributed by atoms with E-state index in [9.17, 15) is 4.79 Å². The lowest BCUT2D eigenvalue weighted by Gasteiger charge is -2.13. The van der Waals surface area contributed by atoms with E-state index in [1.165, 1.54) is 0 Å². The Morgan fingerprint density at radius 1 is 1.39 bits per heavy atom. The van der Waals surface area contributed by atoms with Crippen LogP contribution in [0.5, 0.6) is 0 Å². The van der Waals surface area contributed by atoms with E-state index in [4.69, 9.17) is 11.5 Å². The number of Topliss-reactive ketones (excluding diaryl/α,β-unsaturated/α-hetero) is 1. The highest BCUT2D eigenvalue weighted by Gasteiger charge is 2.18. The van der Waals surface area contributed by atoms with Gasteiger partial charge < -0.3 is 11.5 Å². The molecule has 2 atom stereocenters. The monoisotopic (exact) mass is 249 g/mol. The van der Waals surface area contributed by atoms with Crippen LogP contribution in [-0.4, -0.2) is 16.8 Å². The molecule has 1 aromatic rings. The van der Waals surface area contributed by atoms with Gasteiger partial charge in [-0.1, -0.05) is 13.3 Å². The minimum atomic E-state index is -0.0327. The lowest BCUT2D eigenvalue weighted by Crippen LogP contribution is -2.17. The molecule has 0 saturated heterocycles. The molecule has 0 spiro atoms. The summed E-state index contributed by atoms with van der Waals surface area (Å²) in [5.41, 5.74) is 12.9. The second-order valence-corrected chi connectivity index (χ2v) is 5.12. The van der Waals surface area contributed by atoms with Crippen LogP contribution in [0.1, 0.15) is 49.0 Å². The fourth-order valence-electron chi connectivity index (χ4n) is 1.92. The van der Waals surface area contributed by atoms with Crippen LogP contribution in [0.25, 0.3) is 0 Å². The number of aryl methyl sites for hydroxylation is 1. The highest BCUT2D eigenvalue weighted by atomic mass is 16.1. The first-order chi connectivity index (χ1) is 8.41. The zero-order chi connectivity index (χ0) is 13.7. The Balaban J connectivity index is 2.65. The average molecular weight is 249 g/mol. The van der Waals surface area contributed by atoms with Crippen LogP contribution < -0.4 is 11.5 Å². The first kappa shape index (κ1) is 14.6. The number of carbonyl (C=O) groups excluding carboxylic acids is 1. The molecule has 0 amide bonds. The van der Waals surface area contributed by atoms with Crippen molar-refractivity contribution in [3.05, 3.63) is 23.4 Å². The summed E-state index contributed by atoms with van der Waals surface area (Å²) in [5, 5.41) is 0. The fraction of sp³-hybridized carbons (Fsp3) is 0.571. The van der Waals surface area contributed by atoms with E-state index in [-0.39, 0.29) is 17.7 Å². The molecule has 1 rings (SSSR count). The Labute approximate surface area is 109 Å². The molecule has 18 heavy (non-hydrogen) atoms. The second kappa shape index (κ2) is 6.50. The standard InChI is InChI=1S/C14H23N3O/c1-9-7-12(14(16)17-8-9)13(18)10(2)5-4-6-11(3)15/h7-8,10-11H,4-6,15H2,1-3H3,(H2,16,17). The second-order valence-electron chi connectivity index (χ2n) is 5.12. The summed E-state index contributed by atoms with van der Waals surface area (Å²) in [4.78, 5) is 16.3. The number of ketones is 1. The van der Waals surface area contributed by atoms with Crippen LogP contribution >= 0.6 is 0 Å². The van der Waals surface area contributed by atoms with E-state index in [0.717, 1.165) is 24.8 Å². The zero-order valence-corrected chi connectivity index (χ0v) is 11.4. The van der Waals surface area contributed by atoms with Crippen molar-refractivity contribution >= 4 is 11.6 Å². The van der Waals surface area contributed by atoms with Crippen LogP contribution in [0, 0.1) is 12.8 Å². The van der Waals surface area contributed by atoms with E-state index in [1.807, 2.05) is 26.8 Å². The number of carbonyl (C=O) groups is 1. The Hall–Kier alpha value is -1.42. The van der Waals surface area contributed by atoms with Crippen molar-refractivity contribution in [3.8, 4) is 0 Å². The molecule has 100 valence electrons. The van der Waals surface area contributed by atoms with E-state index >= 15 is 0 Å². The fourth-order valence-corrected chi connectivity index (χ4v) is 1.92. The summed E-state index contributed by atoms with van der Waals surface area (Å²) in [6.07, 6.45) is 4.42. The zero-order valence-electron chi connectivity index (χ0n) is 11.4. The lowest BCUT2D eigenvalue weighted by molar-refractivity contribution is 0.0922. The van der Waals surface area contributed by atoms with E-state index in [1.54, 1.807) is 6.20 Å². The van der Waals surface area contributed by atoms with Gasteiger partial charge in [0.25, 0.3) is 0 Å². The summed E-state index contributed by atoms with van der Waals surface area (Å²) in [6.45, 7) is 5.82. The minimum Gasteiger partial charge on any atom is -0.383 e. The van der Waals surface area contributed by atoms with Crippen LogP contribution in [0.15, 0.2) is 12.3 Å². The molecule has 4 heteroatoms. The molecule has 0 radical (unpaired) electrons. The van der Waals surface area contributed by atoms with Gasteiger partial charge in [-0.05, 0) is 38.3 Å². The van der Waals surface area contributed by atoms with Crippen LogP contribution in [0.4, 0.5) is 5.82 Å². The topological polar surface area (TPSA) is 82.0 Å². The van der Waals surface area contributed by atoms with Crippen LogP contribution in [-0.2, 0) is 0 Å². The molecule has 0 saturated carbocycles. The van der Waals surface area contributed by atoms with E-state index in [2.05, 4.69) is 4.98 Å². The van der Waals surface area contributed by atoms with Gasteiger partial charge in [0.05, 0.1) is 5.56 Å². The summed E-state index contributed by atoms with van der Waals surface area (Å²) in [7, 11) is 0. The predicted molar refractivity (Wildman–Crippen MR) is 74.4 cm³/mol. The third kappa shape index (κ3) is 4.11. The number of rotatable bonds is 6. The first-order valence-electron chi connectivity index (χ1n) is 6.43. The average Bonchev–Trinajstić information content (AvgIpc) is 2.30. The molecule has 2 unspecified atom stereocenters. The van der Waals surface area contributed by atoms with Crippen molar-refractivity contribution in [2.75, 3.05) is 5.73 Å². The lowest BCUT2D eigenvalue weighted by atomic mass is 9.93. The number of anilines is 1. The van der Waals surface area contributed by atoms with Gasteiger partial charge in [-0.25, -0.2) is 4.98 Å². The van der Waals surface area contributed by atoms with E-state index in [0.29, 0.717) is 11.4 Å². The number of hydrogen-bond acceptors (Lipinski definition) is 4. The van der Waals surface area contributed by atoms with Gasteiger partial charge in [0, 0.05) is 18.2 Å². The molecular formula is C14H23N3O. The molecule has 0 bridgehead atoms. The molecule has 1 aromatic heterocycles. The molecule has 0 aromatic carbocycles. The van der Waals surface area contributed by atoms with Gasteiger partial charge in [0.1, 0.15) is 5.82 Å². The maximum absolute atomic E-state index is 12.2. The number of hydrogen-bond donors (Lipinski definition) is 2. The SMILES string of the molecule is Cc1cnc(N)c(C(=O)C(C)CCCC(C)N)c1. The summed E-state index contributed by atoms with van der Waals surface area (Å²) in [6, 6.07) is 2.00.